The number of morpholine rings is 1. The van der Waals surface area contributed by atoms with Gasteiger partial charge >= 0.3 is 0 Å². The third kappa shape index (κ3) is 3.69. The number of halogens is 1. The first-order chi connectivity index (χ1) is 14.7. The van der Waals surface area contributed by atoms with Crippen molar-refractivity contribution >= 4 is 40.0 Å². The van der Waals surface area contributed by atoms with Crippen molar-refractivity contribution < 1.29 is 4.74 Å². The summed E-state index contributed by atoms with van der Waals surface area (Å²) in [6, 6.07) is 6.11. The Morgan fingerprint density at radius 2 is 2.00 bits per heavy atom. The third-order valence-electron chi connectivity index (χ3n) is 5.07. The molecule has 1 aliphatic heterocycles. The molecule has 0 bridgehead atoms. The molecule has 4 aromatic rings. The highest BCUT2D eigenvalue weighted by atomic mass is 35.5. The first-order valence-electron chi connectivity index (χ1n) is 9.72. The monoisotopic (exact) mass is 424 g/mol. The molecule has 1 saturated heterocycles. The maximum absolute atomic E-state index is 6.77. The van der Waals surface area contributed by atoms with Crippen LogP contribution in [0.5, 0.6) is 0 Å². The van der Waals surface area contributed by atoms with Gasteiger partial charge in [-0.15, -0.1) is 0 Å². The van der Waals surface area contributed by atoms with Crippen LogP contribution in [0.2, 0.25) is 5.02 Å². The molecule has 5 rings (SSSR count). The van der Waals surface area contributed by atoms with Crippen LogP contribution in [0, 0.1) is 0 Å². The zero-order chi connectivity index (χ0) is 20.5. The van der Waals surface area contributed by atoms with Crippen LogP contribution >= 0.6 is 11.6 Å². The van der Waals surface area contributed by atoms with Gasteiger partial charge in [0.1, 0.15) is 0 Å². The van der Waals surface area contributed by atoms with Gasteiger partial charge in [-0.25, -0.2) is 9.67 Å². The molecule has 0 radical (unpaired) electrons. The quantitative estimate of drug-likeness (QED) is 0.527. The van der Waals surface area contributed by atoms with Crippen molar-refractivity contribution in [2.45, 2.75) is 6.54 Å². The van der Waals surface area contributed by atoms with E-state index in [1.54, 1.807) is 23.3 Å². The fourth-order valence-electron chi connectivity index (χ4n) is 3.56. The molecule has 3 aromatic heterocycles. The van der Waals surface area contributed by atoms with E-state index in [1.807, 2.05) is 30.1 Å². The van der Waals surface area contributed by atoms with Crippen molar-refractivity contribution in [3.63, 3.8) is 0 Å². The van der Waals surface area contributed by atoms with E-state index in [0.29, 0.717) is 25.7 Å². The second kappa shape index (κ2) is 7.92. The van der Waals surface area contributed by atoms with E-state index >= 15 is 0 Å². The normalized spacial score (nSPS) is 14.4. The molecule has 0 unspecified atom stereocenters. The smallest absolute Gasteiger partial charge is 0.229 e. The number of nitrogens with one attached hydrogen (secondary N) is 1. The molecule has 9 nitrogen and oxygen atoms in total. The number of nitrogens with zero attached hydrogens (tertiary/aromatic N) is 7. The summed E-state index contributed by atoms with van der Waals surface area (Å²) in [7, 11) is 1.86. The highest BCUT2D eigenvalue weighted by Crippen LogP contribution is 2.31. The Balaban J connectivity index is 1.43. The van der Waals surface area contributed by atoms with Gasteiger partial charge in [0.05, 0.1) is 53.9 Å². The molecule has 0 amide bonds. The maximum Gasteiger partial charge on any atom is 0.229 e. The Bertz CT molecular complexity index is 1180. The number of fused-ring (bicyclic) bond motifs is 1. The van der Waals surface area contributed by atoms with Gasteiger partial charge in [0.25, 0.3) is 0 Å². The minimum absolute atomic E-state index is 0.491. The van der Waals surface area contributed by atoms with E-state index in [9.17, 15) is 0 Å². The number of hydrogen-bond donors (Lipinski definition) is 1. The highest BCUT2D eigenvalue weighted by Gasteiger charge is 2.17. The molecule has 4 heterocycles. The first-order valence-corrected chi connectivity index (χ1v) is 10.1. The van der Waals surface area contributed by atoms with Crippen LogP contribution in [-0.2, 0) is 18.3 Å². The van der Waals surface area contributed by atoms with Crippen LogP contribution in [0.1, 0.15) is 5.56 Å². The Morgan fingerprint density at radius 3 is 2.80 bits per heavy atom. The standard InChI is InChI=1S/C20H21ClN8O/c1-27-13-16(11-23-27)25-20-22-9-15-10-24-29(19(15)26-20)12-14-3-2-4-17(18(14)21)28-5-7-30-8-6-28/h2-4,9-11,13H,5-8,12H2,1H3,(H,22,25,26). The predicted octanol–water partition coefficient (Wildman–Crippen LogP) is 2.84. The van der Waals surface area contributed by atoms with Crippen molar-refractivity contribution in [2.24, 2.45) is 7.05 Å². The zero-order valence-corrected chi connectivity index (χ0v) is 17.2. The summed E-state index contributed by atoms with van der Waals surface area (Å²) in [5.41, 5.74) is 3.59. The average molecular weight is 425 g/mol. The number of ether oxygens (including phenoxy) is 1. The molecule has 1 fully saturated rings. The fourth-order valence-corrected chi connectivity index (χ4v) is 3.86. The third-order valence-corrected chi connectivity index (χ3v) is 5.50. The number of benzene rings is 1. The maximum atomic E-state index is 6.77. The lowest BCUT2D eigenvalue weighted by atomic mass is 10.1. The van der Waals surface area contributed by atoms with Gasteiger partial charge in [-0.3, -0.25) is 4.68 Å². The van der Waals surface area contributed by atoms with Crippen LogP contribution < -0.4 is 10.2 Å². The summed E-state index contributed by atoms with van der Waals surface area (Å²) in [6.45, 7) is 3.63. The van der Waals surface area contributed by atoms with E-state index in [0.717, 1.165) is 46.1 Å². The second-order valence-corrected chi connectivity index (χ2v) is 7.53. The highest BCUT2D eigenvalue weighted by molar-refractivity contribution is 6.34. The van der Waals surface area contributed by atoms with E-state index in [1.165, 1.54) is 0 Å². The lowest BCUT2D eigenvalue weighted by Gasteiger charge is -2.30. The van der Waals surface area contributed by atoms with Crippen molar-refractivity contribution in [3.8, 4) is 0 Å². The zero-order valence-electron chi connectivity index (χ0n) is 16.5. The SMILES string of the molecule is Cn1cc(Nc2ncc3cnn(Cc4cccc(N5CCOCC5)c4Cl)c3n2)cn1. The van der Waals surface area contributed by atoms with Gasteiger partial charge in [-0.1, -0.05) is 23.7 Å². The molecule has 0 spiro atoms. The summed E-state index contributed by atoms with van der Waals surface area (Å²) >= 11 is 6.77. The minimum Gasteiger partial charge on any atom is -0.378 e. The van der Waals surface area contributed by atoms with Crippen LogP contribution in [0.3, 0.4) is 0 Å². The molecular formula is C20H21ClN8O. The van der Waals surface area contributed by atoms with Crippen LogP contribution in [-0.4, -0.2) is 55.8 Å². The van der Waals surface area contributed by atoms with Gasteiger partial charge in [-0.2, -0.15) is 15.2 Å². The molecule has 1 aliphatic rings. The van der Waals surface area contributed by atoms with Gasteiger partial charge in [0, 0.05) is 32.5 Å². The lowest BCUT2D eigenvalue weighted by molar-refractivity contribution is 0.122. The Kier molecular flexibility index (Phi) is 4.97. The molecule has 30 heavy (non-hydrogen) atoms. The average Bonchev–Trinajstić information content (AvgIpc) is 3.36. The number of hydrogen-bond acceptors (Lipinski definition) is 7. The molecular weight excluding hydrogens is 404 g/mol. The minimum atomic E-state index is 0.491. The Hall–Kier alpha value is -3.17. The molecule has 0 aliphatic carbocycles. The number of aryl methyl sites for hydroxylation is 1. The lowest BCUT2D eigenvalue weighted by Crippen LogP contribution is -2.36. The fraction of sp³-hybridized carbons (Fsp3) is 0.300. The molecule has 1 N–H and O–H groups in total. The van der Waals surface area contributed by atoms with Crippen molar-refractivity contribution in [1.29, 1.82) is 0 Å². The van der Waals surface area contributed by atoms with Crippen LogP contribution in [0.15, 0.2) is 43.0 Å². The van der Waals surface area contributed by atoms with E-state index in [-0.39, 0.29) is 0 Å². The van der Waals surface area contributed by atoms with Crippen LogP contribution in [0.25, 0.3) is 11.0 Å². The summed E-state index contributed by atoms with van der Waals surface area (Å²) in [4.78, 5) is 11.3. The summed E-state index contributed by atoms with van der Waals surface area (Å²) in [5.74, 6) is 0.491. The summed E-state index contributed by atoms with van der Waals surface area (Å²) in [6.07, 6.45) is 7.11. The Labute approximate surface area is 178 Å². The summed E-state index contributed by atoms with van der Waals surface area (Å²) in [5, 5.41) is 13.4. The van der Waals surface area contributed by atoms with Crippen molar-refractivity contribution in [2.75, 3.05) is 36.5 Å². The van der Waals surface area contributed by atoms with Gasteiger partial charge in [0.2, 0.25) is 5.95 Å². The number of rotatable bonds is 5. The topological polar surface area (TPSA) is 85.9 Å². The van der Waals surface area contributed by atoms with Crippen molar-refractivity contribution in [3.05, 3.63) is 53.6 Å². The van der Waals surface area contributed by atoms with Gasteiger partial charge in [-0.05, 0) is 11.6 Å². The molecule has 0 saturated carbocycles. The number of anilines is 3. The molecule has 154 valence electrons. The predicted molar refractivity (Wildman–Crippen MR) is 115 cm³/mol. The number of aromatic nitrogens is 6. The molecule has 10 heteroatoms. The van der Waals surface area contributed by atoms with E-state index < -0.39 is 0 Å². The van der Waals surface area contributed by atoms with Crippen LogP contribution in [0.4, 0.5) is 17.3 Å². The van der Waals surface area contributed by atoms with Gasteiger partial charge in [0.15, 0.2) is 5.65 Å². The van der Waals surface area contributed by atoms with Crippen molar-refractivity contribution in [1.82, 2.24) is 29.5 Å². The first kappa shape index (κ1) is 18.8. The van der Waals surface area contributed by atoms with E-state index in [4.69, 9.17) is 16.3 Å². The largest absolute Gasteiger partial charge is 0.378 e. The summed E-state index contributed by atoms with van der Waals surface area (Å²) < 4.78 is 9.02. The second-order valence-electron chi connectivity index (χ2n) is 7.15. The Morgan fingerprint density at radius 1 is 1.13 bits per heavy atom. The molecule has 1 aromatic carbocycles. The molecule has 0 atom stereocenters. The van der Waals surface area contributed by atoms with E-state index in [2.05, 4.69) is 36.4 Å². The van der Waals surface area contributed by atoms with Gasteiger partial charge < -0.3 is 15.0 Å².